The monoisotopic (exact) mass is 458 g/mol. The highest BCUT2D eigenvalue weighted by molar-refractivity contribution is 7.89. The molecule has 1 aliphatic heterocycles. The first-order chi connectivity index (χ1) is 13.6. The van der Waals surface area contributed by atoms with E-state index >= 15 is 0 Å². The van der Waals surface area contributed by atoms with Gasteiger partial charge in [-0.2, -0.15) is 9.40 Å². The van der Waals surface area contributed by atoms with Crippen LogP contribution in [0.1, 0.15) is 29.9 Å². The van der Waals surface area contributed by atoms with Gasteiger partial charge < -0.3 is 4.90 Å². The SMILES string of the molecule is Cc1nn(CC(C)C)c(Cl)c1C(=O)N1CCN(S(=O)(=O)c2ccc(Cl)cc2)CC1. The molecule has 0 saturated carbocycles. The van der Waals surface area contributed by atoms with Crippen LogP contribution in [0.5, 0.6) is 0 Å². The van der Waals surface area contributed by atoms with Gasteiger partial charge in [0, 0.05) is 37.7 Å². The number of carbonyl (C=O) groups excluding carboxylic acids is 1. The predicted molar refractivity (Wildman–Crippen MR) is 113 cm³/mol. The second kappa shape index (κ2) is 8.63. The number of hydrogen-bond acceptors (Lipinski definition) is 4. The molecule has 2 heterocycles. The van der Waals surface area contributed by atoms with Crippen molar-refractivity contribution >= 4 is 39.1 Å². The Morgan fingerprint density at radius 3 is 2.24 bits per heavy atom. The van der Waals surface area contributed by atoms with Gasteiger partial charge in [0.2, 0.25) is 10.0 Å². The van der Waals surface area contributed by atoms with Gasteiger partial charge in [-0.05, 0) is 37.1 Å². The van der Waals surface area contributed by atoms with Crippen molar-refractivity contribution < 1.29 is 13.2 Å². The summed E-state index contributed by atoms with van der Waals surface area (Å²) in [6, 6.07) is 6.07. The average Bonchev–Trinajstić information content (AvgIpc) is 2.94. The Kier molecular flexibility index (Phi) is 6.57. The molecule has 0 N–H and O–H groups in total. The largest absolute Gasteiger partial charge is 0.336 e. The van der Waals surface area contributed by atoms with Crippen molar-refractivity contribution in [1.82, 2.24) is 19.0 Å². The van der Waals surface area contributed by atoms with Crippen LogP contribution in [0.25, 0.3) is 0 Å². The highest BCUT2D eigenvalue weighted by Gasteiger charge is 2.32. The van der Waals surface area contributed by atoms with E-state index in [1.165, 1.54) is 16.4 Å². The number of amides is 1. The van der Waals surface area contributed by atoms with Crippen molar-refractivity contribution in [1.29, 1.82) is 0 Å². The van der Waals surface area contributed by atoms with Crippen molar-refractivity contribution in [3.63, 3.8) is 0 Å². The number of piperazine rings is 1. The van der Waals surface area contributed by atoms with Gasteiger partial charge in [-0.15, -0.1) is 0 Å². The summed E-state index contributed by atoms with van der Waals surface area (Å²) in [5, 5.41) is 5.19. The van der Waals surface area contributed by atoms with E-state index in [1.807, 2.05) is 0 Å². The molecule has 2 aromatic rings. The summed E-state index contributed by atoms with van der Waals surface area (Å²) < 4.78 is 28.6. The van der Waals surface area contributed by atoms with Gasteiger partial charge in [-0.25, -0.2) is 8.42 Å². The first-order valence-electron chi connectivity index (χ1n) is 9.39. The smallest absolute Gasteiger partial charge is 0.258 e. The number of aromatic nitrogens is 2. The molecule has 1 fully saturated rings. The maximum Gasteiger partial charge on any atom is 0.258 e. The van der Waals surface area contributed by atoms with Crippen molar-refractivity contribution in [2.45, 2.75) is 32.2 Å². The summed E-state index contributed by atoms with van der Waals surface area (Å²) in [6.07, 6.45) is 0. The highest BCUT2D eigenvalue weighted by Crippen LogP contribution is 2.25. The van der Waals surface area contributed by atoms with Crippen LogP contribution in [-0.2, 0) is 16.6 Å². The fourth-order valence-corrected chi connectivity index (χ4v) is 5.18. The zero-order chi connectivity index (χ0) is 21.3. The molecular formula is C19H24Cl2N4O3S. The Hall–Kier alpha value is -1.61. The van der Waals surface area contributed by atoms with Gasteiger partial charge in [0.05, 0.1) is 16.2 Å². The van der Waals surface area contributed by atoms with Crippen LogP contribution in [0.3, 0.4) is 0 Å². The van der Waals surface area contributed by atoms with Crippen molar-refractivity contribution in [3.8, 4) is 0 Å². The lowest BCUT2D eigenvalue weighted by atomic mass is 10.2. The van der Waals surface area contributed by atoms with E-state index in [0.29, 0.717) is 33.9 Å². The van der Waals surface area contributed by atoms with E-state index in [2.05, 4.69) is 18.9 Å². The molecule has 1 aromatic carbocycles. The lowest BCUT2D eigenvalue weighted by Crippen LogP contribution is -2.50. The topological polar surface area (TPSA) is 75.5 Å². The van der Waals surface area contributed by atoms with Crippen molar-refractivity contribution in [2.24, 2.45) is 5.92 Å². The third-order valence-electron chi connectivity index (χ3n) is 4.79. The van der Waals surface area contributed by atoms with E-state index < -0.39 is 10.0 Å². The first-order valence-corrected chi connectivity index (χ1v) is 11.6. The van der Waals surface area contributed by atoms with E-state index in [-0.39, 0.29) is 37.0 Å². The molecule has 1 amide bonds. The Balaban J connectivity index is 1.72. The van der Waals surface area contributed by atoms with E-state index in [1.54, 1.807) is 28.6 Å². The summed E-state index contributed by atoms with van der Waals surface area (Å²) in [7, 11) is -3.62. The minimum Gasteiger partial charge on any atom is -0.336 e. The molecule has 0 atom stereocenters. The highest BCUT2D eigenvalue weighted by atomic mass is 35.5. The Bertz CT molecular complexity index is 995. The molecule has 0 spiro atoms. The lowest BCUT2D eigenvalue weighted by Gasteiger charge is -2.34. The summed E-state index contributed by atoms with van der Waals surface area (Å²) in [5.41, 5.74) is 0.971. The number of sulfonamides is 1. The Morgan fingerprint density at radius 2 is 1.69 bits per heavy atom. The van der Waals surface area contributed by atoms with Gasteiger partial charge in [-0.1, -0.05) is 37.0 Å². The molecule has 3 rings (SSSR count). The molecule has 7 nitrogen and oxygen atoms in total. The molecule has 1 saturated heterocycles. The summed E-state index contributed by atoms with van der Waals surface area (Å²) in [4.78, 5) is 14.8. The van der Waals surface area contributed by atoms with Crippen LogP contribution >= 0.6 is 23.2 Å². The summed E-state index contributed by atoms with van der Waals surface area (Å²) in [5.74, 6) is 0.127. The van der Waals surface area contributed by atoms with Crippen LogP contribution in [0.4, 0.5) is 0 Å². The van der Waals surface area contributed by atoms with E-state index in [0.717, 1.165) is 0 Å². The van der Waals surface area contributed by atoms with Gasteiger partial charge in [-0.3, -0.25) is 9.48 Å². The second-order valence-electron chi connectivity index (χ2n) is 7.48. The van der Waals surface area contributed by atoms with Gasteiger partial charge in [0.25, 0.3) is 5.91 Å². The molecule has 158 valence electrons. The number of rotatable bonds is 5. The molecular weight excluding hydrogens is 435 g/mol. The molecule has 29 heavy (non-hydrogen) atoms. The normalized spacial score (nSPS) is 15.9. The van der Waals surface area contributed by atoms with Crippen LogP contribution < -0.4 is 0 Å². The minimum absolute atomic E-state index is 0.190. The van der Waals surface area contributed by atoms with E-state index in [4.69, 9.17) is 23.2 Å². The maximum atomic E-state index is 13.0. The first kappa shape index (κ1) is 22.1. The predicted octanol–water partition coefficient (Wildman–Crippen LogP) is 3.30. The lowest BCUT2D eigenvalue weighted by molar-refractivity contribution is 0.0697. The standard InChI is InChI=1S/C19H24Cl2N4O3S/c1-13(2)12-25-18(21)17(14(3)22-25)19(26)23-8-10-24(11-9-23)29(27,28)16-6-4-15(20)5-7-16/h4-7,13H,8-12H2,1-3H3. The maximum absolute atomic E-state index is 13.0. The Labute approximate surface area is 181 Å². The van der Waals surface area contributed by atoms with E-state index in [9.17, 15) is 13.2 Å². The van der Waals surface area contributed by atoms with Crippen LogP contribution in [0.2, 0.25) is 10.2 Å². The molecule has 10 heteroatoms. The fraction of sp³-hybridized carbons (Fsp3) is 0.474. The third kappa shape index (κ3) is 4.60. The molecule has 1 aromatic heterocycles. The molecule has 0 unspecified atom stereocenters. The molecule has 0 aliphatic carbocycles. The number of carbonyl (C=O) groups is 1. The quantitative estimate of drug-likeness (QED) is 0.688. The fourth-order valence-electron chi connectivity index (χ4n) is 3.31. The molecule has 1 aliphatic rings. The van der Waals surface area contributed by atoms with Crippen molar-refractivity contribution in [3.05, 3.63) is 45.7 Å². The van der Waals surface area contributed by atoms with Crippen molar-refractivity contribution in [2.75, 3.05) is 26.2 Å². The second-order valence-corrected chi connectivity index (χ2v) is 10.2. The van der Waals surface area contributed by atoms with Crippen LogP contribution in [-0.4, -0.2) is 59.5 Å². The third-order valence-corrected chi connectivity index (χ3v) is 7.34. The number of halogens is 2. The summed E-state index contributed by atoms with van der Waals surface area (Å²) >= 11 is 12.3. The number of benzene rings is 1. The summed E-state index contributed by atoms with van der Waals surface area (Å²) in [6.45, 7) is 7.50. The average molecular weight is 459 g/mol. The Morgan fingerprint density at radius 1 is 1.10 bits per heavy atom. The number of hydrogen-bond donors (Lipinski definition) is 0. The van der Waals surface area contributed by atoms with Gasteiger partial charge in [0.15, 0.2) is 0 Å². The van der Waals surface area contributed by atoms with Crippen LogP contribution in [0, 0.1) is 12.8 Å². The zero-order valence-electron chi connectivity index (χ0n) is 16.6. The number of aryl methyl sites for hydroxylation is 1. The minimum atomic E-state index is -3.62. The molecule has 0 radical (unpaired) electrons. The molecule has 0 bridgehead atoms. The van der Waals surface area contributed by atoms with Crippen LogP contribution in [0.15, 0.2) is 29.2 Å². The number of nitrogens with zero attached hydrogens (tertiary/aromatic N) is 4. The van der Waals surface area contributed by atoms with Gasteiger partial charge >= 0.3 is 0 Å². The zero-order valence-corrected chi connectivity index (χ0v) is 18.9. The van der Waals surface area contributed by atoms with Gasteiger partial charge in [0.1, 0.15) is 5.15 Å².